The third kappa shape index (κ3) is 1.51. The number of rotatable bonds is 1. The lowest BCUT2D eigenvalue weighted by atomic mass is 9.79. The smallest absolute Gasteiger partial charge is 0.0481 e. The Morgan fingerprint density at radius 2 is 1.79 bits per heavy atom. The van der Waals surface area contributed by atoms with E-state index in [1.165, 1.54) is 22.3 Å². The molecule has 1 heteroatoms. The van der Waals surface area contributed by atoms with Crippen molar-refractivity contribution in [3.63, 3.8) is 0 Å². The van der Waals surface area contributed by atoms with Crippen molar-refractivity contribution in [2.24, 2.45) is 0 Å². The normalized spacial score (nSPS) is 27.5. The van der Waals surface area contributed by atoms with Crippen molar-refractivity contribution < 1.29 is 0 Å². The number of fused-ring (bicyclic) bond motifs is 6. The summed E-state index contributed by atoms with van der Waals surface area (Å²) in [4.78, 5) is 0. The van der Waals surface area contributed by atoms with Gasteiger partial charge in [-0.05, 0) is 41.5 Å². The Morgan fingerprint density at radius 1 is 1.05 bits per heavy atom. The minimum atomic E-state index is 0.147. The fraction of sp³-hybridized carbons (Fsp3) is 0.333. The average Bonchev–Trinajstić information content (AvgIpc) is 2.65. The minimum absolute atomic E-state index is 0.147. The number of hydrogen-bond donors (Lipinski definition) is 1. The van der Waals surface area contributed by atoms with E-state index < -0.39 is 0 Å². The summed E-state index contributed by atoms with van der Waals surface area (Å²) in [6, 6.07) is 18.4. The highest BCUT2D eigenvalue weighted by molar-refractivity contribution is 5.47. The lowest BCUT2D eigenvalue weighted by Crippen LogP contribution is -2.38. The van der Waals surface area contributed by atoms with Crippen LogP contribution >= 0.6 is 0 Å². The Balaban J connectivity index is 1.92. The molecular formula is C18H19N. The predicted molar refractivity (Wildman–Crippen MR) is 78.1 cm³/mol. The van der Waals surface area contributed by atoms with Crippen molar-refractivity contribution in [2.45, 2.75) is 37.8 Å². The summed E-state index contributed by atoms with van der Waals surface area (Å²) in [7, 11) is 0. The maximum Gasteiger partial charge on any atom is 0.0481 e. The van der Waals surface area contributed by atoms with Crippen LogP contribution in [0.1, 0.15) is 41.6 Å². The lowest BCUT2D eigenvalue weighted by molar-refractivity contribution is 0.323. The Morgan fingerprint density at radius 3 is 2.63 bits per heavy atom. The van der Waals surface area contributed by atoms with Crippen LogP contribution in [0.15, 0.2) is 48.5 Å². The summed E-state index contributed by atoms with van der Waals surface area (Å²) in [5, 5.41) is 3.93. The summed E-state index contributed by atoms with van der Waals surface area (Å²) in [6.07, 6.45) is 3.39. The highest BCUT2D eigenvalue weighted by Gasteiger charge is 2.43. The molecule has 2 aromatic rings. The molecule has 2 atom stereocenters. The molecule has 0 saturated carbocycles. The summed E-state index contributed by atoms with van der Waals surface area (Å²) in [5.74, 6) is 0. The standard InChI is InChI=1S/C18H19N/c1-2-18-12-14-8-4-3-7-13(14)11-17(19-18)15-9-5-6-10-16(15)18/h3-10,17,19H,2,11-12H2,1H3/t17-,18+/m1/s1. The minimum Gasteiger partial charge on any atom is -0.300 e. The zero-order valence-corrected chi connectivity index (χ0v) is 11.3. The van der Waals surface area contributed by atoms with Crippen LogP contribution < -0.4 is 5.32 Å². The highest BCUT2D eigenvalue weighted by atomic mass is 15.0. The zero-order valence-electron chi connectivity index (χ0n) is 11.3. The number of nitrogens with one attached hydrogen (secondary N) is 1. The van der Waals surface area contributed by atoms with Crippen LogP contribution in [-0.4, -0.2) is 0 Å². The van der Waals surface area contributed by atoms with Crippen molar-refractivity contribution in [2.75, 3.05) is 0 Å². The van der Waals surface area contributed by atoms with E-state index >= 15 is 0 Å². The maximum atomic E-state index is 3.93. The van der Waals surface area contributed by atoms with E-state index in [9.17, 15) is 0 Å². The van der Waals surface area contributed by atoms with Gasteiger partial charge in [-0.15, -0.1) is 0 Å². The van der Waals surface area contributed by atoms with E-state index in [0.717, 1.165) is 19.3 Å². The molecule has 0 unspecified atom stereocenters. The summed E-state index contributed by atoms with van der Waals surface area (Å²) in [5.41, 5.74) is 6.22. The molecule has 0 saturated heterocycles. The van der Waals surface area contributed by atoms with Crippen LogP contribution in [0.5, 0.6) is 0 Å². The topological polar surface area (TPSA) is 12.0 Å². The summed E-state index contributed by atoms with van der Waals surface area (Å²) >= 11 is 0. The second kappa shape index (κ2) is 3.94. The van der Waals surface area contributed by atoms with Crippen molar-refractivity contribution in [1.29, 1.82) is 0 Å². The van der Waals surface area contributed by atoms with Crippen LogP contribution in [0.4, 0.5) is 0 Å². The van der Waals surface area contributed by atoms with Gasteiger partial charge in [-0.2, -0.15) is 0 Å². The lowest BCUT2D eigenvalue weighted by Gasteiger charge is -2.30. The van der Waals surface area contributed by atoms with E-state index in [1.807, 2.05) is 0 Å². The van der Waals surface area contributed by atoms with Crippen molar-refractivity contribution >= 4 is 0 Å². The van der Waals surface area contributed by atoms with Crippen LogP contribution in [0.3, 0.4) is 0 Å². The Kier molecular flexibility index (Phi) is 2.33. The second-order valence-corrected chi connectivity index (χ2v) is 5.87. The first-order valence-electron chi connectivity index (χ1n) is 7.26. The molecule has 0 spiro atoms. The molecule has 0 aliphatic carbocycles. The van der Waals surface area contributed by atoms with Crippen molar-refractivity contribution in [3.8, 4) is 0 Å². The quantitative estimate of drug-likeness (QED) is 0.812. The van der Waals surface area contributed by atoms with E-state index in [2.05, 4.69) is 60.8 Å². The second-order valence-electron chi connectivity index (χ2n) is 5.87. The monoisotopic (exact) mass is 249 g/mol. The van der Waals surface area contributed by atoms with Crippen LogP contribution in [0.25, 0.3) is 0 Å². The predicted octanol–water partition coefficient (Wildman–Crippen LogP) is 3.74. The SMILES string of the molecule is CC[C@@]12Cc3ccccc3C[C@@H](N1)c1ccccc12. The van der Waals surface area contributed by atoms with Crippen LogP contribution in [-0.2, 0) is 18.4 Å². The molecule has 96 valence electrons. The van der Waals surface area contributed by atoms with E-state index in [-0.39, 0.29) is 5.54 Å². The third-order valence-electron chi connectivity index (χ3n) is 4.94. The van der Waals surface area contributed by atoms with Gasteiger partial charge >= 0.3 is 0 Å². The van der Waals surface area contributed by atoms with Gasteiger partial charge in [0, 0.05) is 11.6 Å². The van der Waals surface area contributed by atoms with Gasteiger partial charge in [-0.3, -0.25) is 5.32 Å². The maximum absolute atomic E-state index is 3.93. The van der Waals surface area contributed by atoms with Gasteiger partial charge in [0.1, 0.15) is 0 Å². The Hall–Kier alpha value is -1.60. The average molecular weight is 249 g/mol. The van der Waals surface area contributed by atoms with Gasteiger partial charge in [0.2, 0.25) is 0 Å². The zero-order chi connectivity index (χ0) is 12.9. The fourth-order valence-electron chi connectivity index (χ4n) is 3.92. The molecule has 0 fully saturated rings. The number of benzene rings is 2. The molecule has 1 N–H and O–H groups in total. The molecule has 0 amide bonds. The first kappa shape index (κ1) is 11.2. The van der Waals surface area contributed by atoms with Gasteiger partial charge in [0.05, 0.1) is 0 Å². The van der Waals surface area contributed by atoms with Gasteiger partial charge in [-0.1, -0.05) is 55.5 Å². The largest absolute Gasteiger partial charge is 0.300 e. The molecule has 4 rings (SSSR count). The third-order valence-corrected chi connectivity index (χ3v) is 4.94. The molecule has 2 aliphatic rings. The molecule has 0 radical (unpaired) electrons. The van der Waals surface area contributed by atoms with Gasteiger partial charge in [-0.25, -0.2) is 0 Å². The van der Waals surface area contributed by atoms with E-state index in [4.69, 9.17) is 0 Å². The van der Waals surface area contributed by atoms with Crippen molar-refractivity contribution in [3.05, 3.63) is 70.8 Å². The van der Waals surface area contributed by atoms with E-state index in [1.54, 1.807) is 0 Å². The summed E-state index contributed by atoms with van der Waals surface area (Å²) < 4.78 is 0. The molecule has 2 aliphatic heterocycles. The Bertz CT molecular complexity index is 631. The fourth-order valence-corrected chi connectivity index (χ4v) is 3.92. The molecular weight excluding hydrogens is 230 g/mol. The molecule has 19 heavy (non-hydrogen) atoms. The molecule has 0 aromatic heterocycles. The molecule has 1 nitrogen and oxygen atoms in total. The molecule has 2 aromatic carbocycles. The number of hydrogen-bond acceptors (Lipinski definition) is 1. The van der Waals surface area contributed by atoms with Crippen LogP contribution in [0.2, 0.25) is 0 Å². The molecule has 2 heterocycles. The van der Waals surface area contributed by atoms with Gasteiger partial charge in [0.25, 0.3) is 0 Å². The first-order valence-corrected chi connectivity index (χ1v) is 7.26. The highest BCUT2D eigenvalue weighted by Crippen LogP contribution is 2.45. The van der Waals surface area contributed by atoms with Crippen LogP contribution in [0, 0.1) is 0 Å². The first-order chi connectivity index (χ1) is 9.32. The molecule has 2 bridgehead atoms. The van der Waals surface area contributed by atoms with E-state index in [0.29, 0.717) is 6.04 Å². The van der Waals surface area contributed by atoms with Gasteiger partial charge in [0.15, 0.2) is 0 Å². The van der Waals surface area contributed by atoms with Crippen molar-refractivity contribution in [1.82, 2.24) is 5.32 Å². The van der Waals surface area contributed by atoms with Gasteiger partial charge < -0.3 is 0 Å². The Labute approximate surface area is 114 Å². The summed E-state index contributed by atoms with van der Waals surface area (Å²) in [6.45, 7) is 2.31.